The molecule has 0 aliphatic carbocycles. The molecule has 0 spiro atoms. The Morgan fingerprint density at radius 3 is 2.44 bits per heavy atom. The average molecular weight is 289 g/mol. The Bertz CT molecular complexity index is 374. The fraction of sp³-hybridized carbons (Fsp3) is 0.455. The molecule has 0 saturated carbocycles. The first-order valence-electron chi connectivity index (χ1n) is 4.91. The first-order chi connectivity index (χ1) is 7.76. The van der Waals surface area contributed by atoms with E-state index in [0.29, 0.717) is 19.0 Å². The van der Waals surface area contributed by atoms with Gasteiger partial charge in [-0.15, -0.1) is 0 Å². The lowest BCUT2D eigenvalue weighted by Gasteiger charge is -2.16. The van der Waals surface area contributed by atoms with Crippen molar-refractivity contribution in [3.8, 4) is 11.5 Å². The van der Waals surface area contributed by atoms with Crippen LogP contribution >= 0.6 is 15.9 Å². The summed E-state index contributed by atoms with van der Waals surface area (Å²) in [5.41, 5.74) is 0.839. The predicted molar refractivity (Wildman–Crippen MR) is 61.9 cm³/mol. The zero-order valence-corrected chi connectivity index (χ0v) is 10.7. The normalized spacial score (nSPS) is 16.4. The van der Waals surface area contributed by atoms with Gasteiger partial charge in [-0.05, 0) is 28.1 Å². The molecule has 5 heteroatoms. The van der Waals surface area contributed by atoms with Gasteiger partial charge in [-0.3, -0.25) is 0 Å². The van der Waals surface area contributed by atoms with Crippen molar-refractivity contribution < 1.29 is 18.9 Å². The molecule has 0 unspecified atom stereocenters. The zero-order valence-electron chi connectivity index (χ0n) is 9.16. The molecule has 4 nitrogen and oxygen atoms in total. The number of methoxy groups -OCH3 is 2. The molecule has 1 heterocycles. The van der Waals surface area contributed by atoms with Gasteiger partial charge >= 0.3 is 0 Å². The Morgan fingerprint density at radius 1 is 1.19 bits per heavy atom. The van der Waals surface area contributed by atoms with Crippen molar-refractivity contribution in [3.63, 3.8) is 0 Å². The van der Waals surface area contributed by atoms with E-state index in [4.69, 9.17) is 18.9 Å². The number of hydrogen-bond acceptors (Lipinski definition) is 4. The highest BCUT2D eigenvalue weighted by Crippen LogP contribution is 2.39. The molecule has 0 bridgehead atoms. The van der Waals surface area contributed by atoms with Crippen molar-refractivity contribution in [1.29, 1.82) is 0 Å². The highest BCUT2D eigenvalue weighted by molar-refractivity contribution is 9.10. The van der Waals surface area contributed by atoms with E-state index in [0.717, 1.165) is 15.8 Å². The number of benzene rings is 1. The van der Waals surface area contributed by atoms with E-state index in [1.807, 2.05) is 12.1 Å². The third-order valence-corrected chi connectivity index (χ3v) is 2.95. The van der Waals surface area contributed by atoms with Crippen molar-refractivity contribution in [3.05, 3.63) is 22.2 Å². The van der Waals surface area contributed by atoms with Gasteiger partial charge in [0.25, 0.3) is 0 Å². The molecule has 1 aromatic carbocycles. The standard InChI is InChI=1S/C11H13BrO4/c1-13-7-5-8(11-15-3-4-16-11)10(14-2)9(12)6-7/h5-6,11H,3-4H2,1-2H3. The van der Waals surface area contributed by atoms with Gasteiger partial charge in [0.15, 0.2) is 6.29 Å². The summed E-state index contributed by atoms with van der Waals surface area (Å²) >= 11 is 3.43. The smallest absolute Gasteiger partial charge is 0.187 e. The van der Waals surface area contributed by atoms with E-state index in [-0.39, 0.29) is 6.29 Å². The fourth-order valence-corrected chi connectivity index (χ4v) is 2.25. The summed E-state index contributed by atoms with van der Waals surface area (Å²) in [5, 5.41) is 0. The number of hydrogen-bond donors (Lipinski definition) is 0. The van der Waals surface area contributed by atoms with Gasteiger partial charge in [-0.2, -0.15) is 0 Å². The minimum atomic E-state index is -0.374. The molecule has 0 aromatic heterocycles. The van der Waals surface area contributed by atoms with Gasteiger partial charge < -0.3 is 18.9 Å². The minimum Gasteiger partial charge on any atom is -0.497 e. The molecule has 0 amide bonds. The Morgan fingerprint density at radius 2 is 1.88 bits per heavy atom. The molecular formula is C11H13BrO4. The van der Waals surface area contributed by atoms with E-state index >= 15 is 0 Å². The van der Waals surface area contributed by atoms with Gasteiger partial charge in [0.05, 0.1) is 37.5 Å². The lowest BCUT2D eigenvalue weighted by molar-refractivity contribution is -0.0456. The molecule has 1 aromatic rings. The van der Waals surface area contributed by atoms with E-state index in [9.17, 15) is 0 Å². The van der Waals surface area contributed by atoms with E-state index in [1.165, 1.54) is 0 Å². The van der Waals surface area contributed by atoms with Gasteiger partial charge in [-0.1, -0.05) is 0 Å². The number of rotatable bonds is 3. The first-order valence-corrected chi connectivity index (χ1v) is 5.70. The molecule has 16 heavy (non-hydrogen) atoms. The molecule has 1 fully saturated rings. The maximum atomic E-state index is 5.46. The summed E-state index contributed by atoms with van der Waals surface area (Å²) in [7, 11) is 3.24. The highest BCUT2D eigenvalue weighted by Gasteiger charge is 2.24. The van der Waals surface area contributed by atoms with Crippen molar-refractivity contribution in [2.75, 3.05) is 27.4 Å². The van der Waals surface area contributed by atoms with Crippen LogP contribution in [-0.4, -0.2) is 27.4 Å². The SMILES string of the molecule is COc1cc(Br)c(OC)c(C2OCCO2)c1. The summed E-state index contributed by atoms with van der Waals surface area (Å²) < 4.78 is 22.3. The Hall–Kier alpha value is -0.780. The molecule has 0 N–H and O–H groups in total. The zero-order chi connectivity index (χ0) is 11.5. The van der Waals surface area contributed by atoms with Crippen LogP contribution in [0.2, 0.25) is 0 Å². The van der Waals surface area contributed by atoms with Crippen LogP contribution in [0.4, 0.5) is 0 Å². The van der Waals surface area contributed by atoms with Crippen molar-refractivity contribution in [1.82, 2.24) is 0 Å². The van der Waals surface area contributed by atoms with Gasteiger partial charge in [0.2, 0.25) is 0 Å². The third-order valence-electron chi connectivity index (χ3n) is 2.36. The van der Waals surface area contributed by atoms with Gasteiger partial charge in [0, 0.05) is 0 Å². The van der Waals surface area contributed by atoms with Crippen LogP contribution in [0.3, 0.4) is 0 Å². The predicted octanol–water partition coefficient (Wildman–Crippen LogP) is 2.51. The summed E-state index contributed by atoms with van der Waals surface area (Å²) in [6.07, 6.45) is -0.374. The summed E-state index contributed by atoms with van der Waals surface area (Å²) in [4.78, 5) is 0. The van der Waals surface area contributed by atoms with Gasteiger partial charge in [-0.25, -0.2) is 0 Å². The van der Waals surface area contributed by atoms with Crippen LogP contribution in [-0.2, 0) is 9.47 Å². The second-order valence-electron chi connectivity index (χ2n) is 3.31. The molecule has 1 saturated heterocycles. The lowest BCUT2D eigenvalue weighted by atomic mass is 10.2. The molecule has 0 atom stereocenters. The quantitative estimate of drug-likeness (QED) is 0.856. The van der Waals surface area contributed by atoms with Crippen LogP contribution in [0.15, 0.2) is 16.6 Å². The van der Waals surface area contributed by atoms with Crippen molar-refractivity contribution in [2.24, 2.45) is 0 Å². The van der Waals surface area contributed by atoms with Crippen molar-refractivity contribution in [2.45, 2.75) is 6.29 Å². The lowest BCUT2D eigenvalue weighted by Crippen LogP contribution is -2.02. The van der Waals surface area contributed by atoms with Gasteiger partial charge in [0.1, 0.15) is 11.5 Å². The Balaban J connectivity index is 2.42. The maximum absolute atomic E-state index is 5.46. The average Bonchev–Trinajstić information content (AvgIpc) is 2.81. The van der Waals surface area contributed by atoms with E-state index in [1.54, 1.807) is 14.2 Å². The Kier molecular flexibility index (Phi) is 3.68. The van der Waals surface area contributed by atoms with Crippen LogP contribution in [0, 0.1) is 0 Å². The van der Waals surface area contributed by atoms with Crippen LogP contribution in [0.1, 0.15) is 11.9 Å². The molecule has 0 radical (unpaired) electrons. The second kappa shape index (κ2) is 5.03. The van der Waals surface area contributed by atoms with E-state index < -0.39 is 0 Å². The third kappa shape index (κ3) is 2.16. The number of ether oxygens (including phenoxy) is 4. The van der Waals surface area contributed by atoms with E-state index in [2.05, 4.69) is 15.9 Å². The molecule has 1 aliphatic heterocycles. The topological polar surface area (TPSA) is 36.9 Å². The first kappa shape index (κ1) is 11.7. The van der Waals surface area contributed by atoms with Crippen molar-refractivity contribution >= 4 is 15.9 Å². The summed E-state index contributed by atoms with van der Waals surface area (Å²) in [5.74, 6) is 1.45. The molecule has 2 rings (SSSR count). The second-order valence-corrected chi connectivity index (χ2v) is 4.16. The summed E-state index contributed by atoms with van der Waals surface area (Å²) in [6, 6.07) is 3.71. The maximum Gasteiger partial charge on any atom is 0.187 e. The minimum absolute atomic E-state index is 0.374. The van der Waals surface area contributed by atoms with Crippen LogP contribution < -0.4 is 9.47 Å². The van der Waals surface area contributed by atoms with Crippen LogP contribution in [0.5, 0.6) is 11.5 Å². The van der Waals surface area contributed by atoms with Crippen LogP contribution in [0.25, 0.3) is 0 Å². The number of halogens is 1. The molecule has 1 aliphatic rings. The molecule has 88 valence electrons. The monoisotopic (exact) mass is 288 g/mol. The molecular weight excluding hydrogens is 276 g/mol. The Labute approximate surface area is 103 Å². The summed E-state index contributed by atoms with van der Waals surface area (Å²) in [6.45, 7) is 1.20. The largest absolute Gasteiger partial charge is 0.497 e. The highest BCUT2D eigenvalue weighted by atomic mass is 79.9. The fourth-order valence-electron chi connectivity index (χ4n) is 1.64.